The van der Waals surface area contributed by atoms with E-state index in [1.54, 1.807) is 0 Å². The number of fused-ring (bicyclic) bond motifs is 1. The second kappa shape index (κ2) is 6.01. The fourth-order valence-electron chi connectivity index (χ4n) is 2.81. The van der Waals surface area contributed by atoms with E-state index < -0.39 is 11.2 Å². The molecule has 1 aliphatic carbocycles. The van der Waals surface area contributed by atoms with Crippen LogP contribution in [0.2, 0.25) is 0 Å². The number of carbonyl (C=O) groups excluding carboxylic acids is 1. The van der Waals surface area contributed by atoms with Crippen LogP contribution in [-0.4, -0.2) is 20.4 Å². The first-order valence-corrected chi connectivity index (χ1v) is 8.10. The van der Waals surface area contributed by atoms with E-state index >= 15 is 0 Å². The average molecular weight is 336 g/mol. The molecule has 1 fully saturated rings. The maximum atomic E-state index is 12.3. The number of pyridine rings is 1. The molecule has 2 N–H and O–H groups in total. The minimum Gasteiger partial charge on any atom is -0.348 e. The summed E-state index contributed by atoms with van der Waals surface area (Å²) >= 11 is 0. The van der Waals surface area contributed by atoms with Gasteiger partial charge in [-0.2, -0.15) is 0 Å². The van der Waals surface area contributed by atoms with E-state index in [2.05, 4.69) is 15.3 Å². The third-order valence-electron chi connectivity index (χ3n) is 4.25. The van der Waals surface area contributed by atoms with Crippen LogP contribution in [0.25, 0.3) is 11.0 Å². The lowest BCUT2D eigenvalue weighted by Gasteiger charge is -2.09. The van der Waals surface area contributed by atoms with E-state index in [9.17, 15) is 14.4 Å². The van der Waals surface area contributed by atoms with Gasteiger partial charge in [-0.05, 0) is 24.5 Å². The van der Waals surface area contributed by atoms with Crippen LogP contribution in [0.15, 0.2) is 52.2 Å². The normalized spacial score (nSPS) is 13.8. The number of hydrogen-bond donors (Lipinski definition) is 2. The summed E-state index contributed by atoms with van der Waals surface area (Å²) in [5, 5.41) is 3.05. The lowest BCUT2D eigenvalue weighted by atomic mass is 10.2. The van der Waals surface area contributed by atoms with E-state index in [0.717, 1.165) is 18.4 Å². The van der Waals surface area contributed by atoms with Gasteiger partial charge < -0.3 is 5.32 Å². The van der Waals surface area contributed by atoms with Gasteiger partial charge in [0, 0.05) is 18.8 Å². The van der Waals surface area contributed by atoms with Crippen LogP contribution in [-0.2, 0) is 6.54 Å². The first-order valence-electron chi connectivity index (χ1n) is 8.10. The minimum absolute atomic E-state index is 0.0807. The fraction of sp³-hybridized carbons (Fsp3) is 0.222. The van der Waals surface area contributed by atoms with E-state index in [1.165, 1.54) is 16.8 Å². The van der Waals surface area contributed by atoms with Crippen molar-refractivity contribution in [1.29, 1.82) is 0 Å². The Hall–Kier alpha value is -3.22. The molecule has 0 radical (unpaired) electrons. The molecule has 126 valence electrons. The number of nitrogens with one attached hydrogen (secondary N) is 2. The molecule has 0 aliphatic heterocycles. The molecule has 7 heteroatoms. The molecule has 0 spiro atoms. The maximum Gasteiger partial charge on any atom is 0.330 e. The SMILES string of the molecule is O=C(NCc1ccccc1)c1cnc2c(c1)c(=O)[nH]c(=O)n2C1CC1. The van der Waals surface area contributed by atoms with Gasteiger partial charge in [-0.1, -0.05) is 30.3 Å². The number of carbonyl (C=O) groups is 1. The summed E-state index contributed by atoms with van der Waals surface area (Å²) in [7, 11) is 0. The van der Waals surface area contributed by atoms with Crippen molar-refractivity contribution in [2.75, 3.05) is 0 Å². The average Bonchev–Trinajstić information content (AvgIpc) is 3.45. The van der Waals surface area contributed by atoms with E-state index in [1.807, 2.05) is 30.3 Å². The Morgan fingerprint density at radius 3 is 2.72 bits per heavy atom. The Morgan fingerprint density at radius 2 is 2.00 bits per heavy atom. The van der Waals surface area contributed by atoms with Crippen LogP contribution in [0.5, 0.6) is 0 Å². The number of benzene rings is 1. The zero-order valence-electron chi connectivity index (χ0n) is 13.4. The molecule has 3 aromatic rings. The minimum atomic E-state index is -0.526. The van der Waals surface area contributed by atoms with Crippen molar-refractivity contribution in [3.8, 4) is 0 Å². The number of rotatable bonds is 4. The molecule has 4 rings (SSSR count). The number of nitrogens with zero attached hydrogens (tertiary/aromatic N) is 2. The van der Waals surface area contributed by atoms with Gasteiger partial charge in [0.25, 0.3) is 11.5 Å². The van der Waals surface area contributed by atoms with Crippen molar-refractivity contribution in [1.82, 2.24) is 19.9 Å². The third kappa shape index (κ3) is 2.96. The van der Waals surface area contributed by atoms with Crippen molar-refractivity contribution in [2.24, 2.45) is 0 Å². The first-order chi connectivity index (χ1) is 12.1. The Kier molecular flexibility index (Phi) is 3.68. The molecule has 7 nitrogen and oxygen atoms in total. The second-order valence-corrected chi connectivity index (χ2v) is 6.12. The van der Waals surface area contributed by atoms with Gasteiger partial charge >= 0.3 is 5.69 Å². The molecule has 25 heavy (non-hydrogen) atoms. The first kappa shape index (κ1) is 15.3. The molecular formula is C18H16N4O3. The Morgan fingerprint density at radius 1 is 1.24 bits per heavy atom. The van der Waals surface area contributed by atoms with Gasteiger partial charge in [-0.3, -0.25) is 19.1 Å². The van der Waals surface area contributed by atoms with Crippen molar-refractivity contribution in [3.05, 3.63) is 74.6 Å². The number of aromatic amines is 1. The second-order valence-electron chi connectivity index (χ2n) is 6.12. The van der Waals surface area contributed by atoms with Crippen LogP contribution in [0.3, 0.4) is 0 Å². The number of H-pyrrole nitrogens is 1. The molecule has 0 bridgehead atoms. The largest absolute Gasteiger partial charge is 0.348 e. The number of amides is 1. The molecular weight excluding hydrogens is 320 g/mol. The van der Waals surface area contributed by atoms with Crippen LogP contribution < -0.4 is 16.6 Å². The quantitative estimate of drug-likeness (QED) is 0.751. The number of hydrogen-bond acceptors (Lipinski definition) is 4. The number of aromatic nitrogens is 3. The molecule has 1 saturated carbocycles. The van der Waals surface area contributed by atoms with Crippen molar-refractivity contribution < 1.29 is 4.79 Å². The zero-order chi connectivity index (χ0) is 17.4. The molecule has 2 aromatic heterocycles. The van der Waals surface area contributed by atoms with Crippen molar-refractivity contribution in [2.45, 2.75) is 25.4 Å². The summed E-state index contributed by atoms with van der Waals surface area (Å²) in [4.78, 5) is 43.0. The summed E-state index contributed by atoms with van der Waals surface area (Å²) < 4.78 is 1.50. The van der Waals surface area contributed by atoms with Crippen LogP contribution >= 0.6 is 0 Å². The Labute approximate surface area is 142 Å². The lowest BCUT2D eigenvalue weighted by Crippen LogP contribution is -2.31. The summed E-state index contributed by atoms with van der Waals surface area (Å²) in [6.07, 6.45) is 3.19. The predicted octanol–water partition coefficient (Wildman–Crippen LogP) is 1.35. The fourth-order valence-corrected chi connectivity index (χ4v) is 2.81. The van der Waals surface area contributed by atoms with Crippen LogP contribution in [0, 0.1) is 0 Å². The van der Waals surface area contributed by atoms with Crippen LogP contribution in [0.1, 0.15) is 34.8 Å². The van der Waals surface area contributed by atoms with Crippen molar-refractivity contribution >= 4 is 16.9 Å². The highest BCUT2D eigenvalue weighted by Crippen LogP contribution is 2.34. The van der Waals surface area contributed by atoms with Gasteiger partial charge in [0.2, 0.25) is 0 Å². The summed E-state index contributed by atoms with van der Waals surface area (Å²) in [6.45, 7) is 0.385. The highest BCUT2D eigenvalue weighted by molar-refractivity contribution is 5.96. The van der Waals surface area contributed by atoms with E-state index in [0.29, 0.717) is 12.2 Å². The smallest absolute Gasteiger partial charge is 0.330 e. The standard InChI is InChI=1S/C18H16N4O3/c23-16(20-9-11-4-2-1-3-5-11)12-8-14-15(19-10-12)22(13-6-7-13)18(25)21-17(14)24/h1-5,8,10,13H,6-7,9H2,(H,20,23)(H,21,24,25). The maximum absolute atomic E-state index is 12.3. The molecule has 0 saturated heterocycles. The highest BCUT2D eigenvalue weighted by atomic mass is 16.2. The van der Waals surface area contributed by atoms with Gasteiger partial charge in [-0.15, -0.1) is 0 Å². The molecule has 0 atom stereocenters. The van der Waals surface area contributed by atoms with Gasteiger partial charge in [0.1, 0.15) is 5.65 Å². The van der Waals surface area contributed by atoms with E-state index in [-0.39, 0.29) is 22.9 Å². The third-order valence-corrected chi connectivity index (χ3v) is 4.25. The lowest BCUT2D eigenvalue weighted by molar-refractivity contribution is 0.0950. The van der Waals surface area contributed by atoms with E-state index in [4.69, 9.17) is 0 Å². The Balaban J connectivity index is 1.66. The molecule has 1 aromatic carbocycles. The topological polar surface area (TPSA) is 96.8 Å². The van der Waals surface area contributed by atoms with Gasteiger partial charge in [-0.25, -0.2) is 9.78 Å². The summed E-state index contributed by atoms with van der Waals surface area (Å²) in [6, 6.07) is 11.1. The van der Waals surface area contributed by atoms with Crippen LogP contribution in [0.4, 0.5) is 0 Å². The molecule has 1 aliphatic rings. The highest BCUT2D eigenvalue weighted by Gasteiger charge is 2.27. The van der Waals surface area contributed by atoms with Gasteiger partial charge in [0.15, 0.2) is 0 Å². The monoisotopic (exact) mass is 336 g/mol. The van der Waals surface area contributed by atoms with Gasteiger partial charge in [0.05, 0.1) is 10.9 Å². The predicted molar refractivity (Wildman–Crippen MR) is 92.5 cm³/mol. The molecule has 1 amide bonds. The summed E-state index contributed by atoms with van der Waals surface area (Å²) in [5.41, 5.74) is 0.617. The summed E-state index contributed by atoms with van der Waals surface area (Å²) in [5.74, 6) is -0.318. The Bertz CT molecular complexity index is 1070. The molecule has 0 unspecified atom stereocenters. The van der Waals surface area contributed by atoms with Crippen molar-refractivity contribution in [3.63, 3.8) is 0 Å². The zero-order valence-corrected chi connectivity index (χ0v) is 13.4. The molecule has 2 heterocycles.